The molecule has 2 amide bonds. The Labute approximate surface area is 166 Å². The minimum Gasteiger partial charge on any atom is -0.273 e. The second kappa shape index (κ2) is 6.58. The maximum absolute atomic E-state index is 13.4. The molecule has 2 fully saturated rings. The number of para-hydroxylation sites is 2. The lowest BCUT2D eigenvalue weighted by Gasteiger charge is -2.28. The molecule has 0 bridgehead atoms. The summed E-state index contributed by atoms with van der Waals surface area (Å²) in [5, 5.41) is 3.74. The Morgan fingerprint density at radius 3 is 2.36 bits per heavy atom. The van der Waals surface area contributed by atoms with E-state index in [1.807, 2.05) is 66.9 Å². The van der Waals surface area contributed by atoms with E-state index in [-0.39, 0.29) is 17.9 Å². The van der Waals surface area contributed by atoms with E-state index in [2.05, 4.69) is 0 Å². The molecule has 0 unspecified atom stereocenters. The zero-order valence-electron chi connectivity index (χ0n) is 15.2. The molecular weight excluding hydrogens is 372 g/mol. The van der Waals surface area contributed by atoms with E-state index in [4.69, 9.17) is 4.84 Å². The summed E-state index contributed by atoms with van der Waals surface area (Å²) in [5.41, 5.74) is 2.49. The van der Waals surface area contributed by atoms with Gasteiger partial charge in [0.15, 0.2) is 6.10 Å². The van der Waals surface area contributed by atoms with Gasteiger partial charge in [-0.15, -0.1) is 11.3 Å². The van der Waals surface area contributed by atoms with Gasteiger partial charge in [0.25, 0.3) is 5.91 Å². The molecule has 140 valence electrons. The Morgan fingerprint density at radius 1 is 0.893 bits per heavy atom. The average Bonchev–Trinajstić information content (AvgIpc) is 3.41. The highest BCUT2D eigenvalue weighted by atomic mass is 32.1. The Balaban J connectivity index is 1.59. The van der Waals surface area contributed by atoms with E-state index in [1.54, 1.807) is 28.5 Å². The fraction of sp³-hybridized carbons (Fsp3) is 0.182. The van der Waals surface area contributed by atoms with Gasteiger partial charge in [-0.05, 0) is 42.1 Å². The molecule has 0 spiro atoms. The molecule has 5 rings (SSSR count). The van der Waals surface area contributed by atoms with Crippen molar-refractivity contribution in [3.8, 4) is 0 Å². The lowest BCUT2D eigenvalue weighted by atomic mass is 9.95. The maximum Gasteiger partial charge on any atom is 0.266 e. The number of aryl methyl sites for hydroxylation is 1. The lowest BCUT2D eigenvalue weighted by molar-refractivity contribution is -0.126. The second-order valence-corrected chi connectivity index (χ2v) is 7.95. The SMILES string of the molecule is Cc1ccccc1N1O[C@H]2C(=O)N(c3ccccc3)C(=O)[C@H]2[C@@H]1c1cccs1. The van der Waals surface area contributed by atoms with Crippen LogP contribution in [0, 0.1) is 12.8 Å². The summed E-state index contributed by atoms with van der Waals surface area (Å²) >= 11 is 1.57. The number of imide groups is 1. The second-order valence-electron chi connectivity index (χ2n) is 6.97. The predicted molar refractivity (Wildman–Crippen MR) is 108 cm³/mol. The standard InChI is InChI=1S/C22H18N2O3S/c1-14-8-5-6-11-16(14)24-19(17-12-7-13-28-17)18-20(27-24)22(26)23(21(18)25)15-9-3-2-4-10-15/h2-13,18-20H,1H3/t18-,19-,20+/m0/s1. The number of hydroxylamine groups is 1. The summed E-state index contributed by atoms with van der Waals surface area (Å²) in [4.78, 5) is 34.9. The first-order valence-electron chi connectivity index (χ1n) is 9.15. The van der Waals surface area contributed by atoms with Crippen LogP contribution in [0.25, 0.3) is 0 Å². The van der Waals surface area contributed by atoms with Gasteiger partial charge in [0.2, 0.25) is 5.91 Å². The number of amides is 2. The number of hydrogen-bond donors (Lipinski definition) is 0. The predicted octanol–water partition coefficient (Wildman–Crippen LogP) is 4.11. The molecule has 0 radical (unpaired) electrons. The highest BCUT2D eigenvalue weighted by Crippen LogP contribution is 2.49. The summed E-state index contributed by atoms with van der Waals surface area (Å²) in [6.07, 6.45) is -0.820. The van der Waals surface area contributed by atoms with Crippen LogP contribution < -0.4 is 9.96 Å². The van der Waals surface area contributed by atoms with E-state index < -0.39 is 12.0 Å². The number of thiophene rings is 1. The monoisotopic (exact) mass is 390 g/mol. The van der Waals surface area contributed by atoms with Gasteiger partial charge in [-0.1, -0.05) is 42.5 Å². The minimum atomic E-state index is -0.820. The molecule has 3 aromatic rings. The van der Waals surface area contributed by atoms with Crippen LogP contribution in [0.5, 0.6) is 0 Å². The van der Waals surface area contributed by atoms with Gasteiger partial charge in [-0.2, -0.15) is 0 Å². The quantitative estimate of drug-likeness (QED) is 0.632. The first-order chi connectivity index (χ1) is 13.7. The molecule has 3 atom stereocenters. The Bertz CT molecular complexity index is 1030. The van der Waals surface area contributed by atoms with E-state index in [1.165, 1.54) is 4.90 Å². The van der Waals surface area contributed by atoms with Gasteiger partial charge in [-0.25, -0.2) is 9.96 Å². The number of benzene rings is 2. The molecule has 0 saturated carbocycles. The van der Waals surface area contributed by atoms with Crippen LogP contribution in [0.3, 0.4) is 0 Å². The van der Waals surface area contributed by atoms with Gasteiger partial charge >= 0.3 is 0 Å². The minimum absolute atomic E-state index is 0.212. The number of carbonyl (C=O) groups excluding carboxylic acids is 2. The smallest absolute Gasteiger partial charge is 0.266 e. The molecule has 0 aliphatic carbocycles. The number of nitrogens with zero attached hydrogens (tertiary/aromatic N) is 2. The summed E-state index contributed by atoms with van der Waals surface area (Å²) < 4.78 is 0. The zero-order chi connectivity index (χ0) is 19.3. The average molecular weight is 390 g/mol. The first-order valence-corrected chi connectivity index (χ1v) is 10.0. The van der Waals surface area contributed by atoms with E-state index in [9.17, 15) is 9.59 Å². The highest BCUT2D eigenvalue weighted by molar-refractivity contribution is 7.10. The van der Waals surface area contributed by atoms with Crippen molar-refractivity contribution in [3.63, 3.8) is 0 Å². The Hall–Kier alpha value is -2.96. The van der Waals surface area contributed by atoms with Gasteiger partial charge in [0, 0.05) is 4.88 Å². The van der Waals surface area contributed by atoms with Crippen molar-refractivity contribution in [2.45, 2.75) is 19.1 Å². The van der Waals surface area contributed by atoms with E-state index in [0.29, 0.717) is 5.69 Å². The van der Waals surface area contributed by atoms with Gasteiger partial charge in [0.05, 0.1) is 11.4 Å². The molecule has 2 aliphatic rings. The highest BCUT2D eigenvalue weighted by Gasteiger charge is 2.60. The van der Waals surface area contributed by atoms with Crippen molar-refractivity contribution >= 4 is 34.5 Å². The van der Waals surface area contributed by atoms with Crippen LogP contribution in [0.15, 0.2) is 72.1 Å². The number of carbonyl (C=O) groups is 2. The number of anilines is 2. The van der Waals surface area contributed by atoms with Crippen molar-refractivity contribution in [1.29, 1.82) is 0 Å². The molecule has 28 heavy (non-hydrogen) atoms. The van der Waals surface area contributed by atoms with Gasteiger partial charge < -0.3 is 0 Å². The van der Waals surface area contributed by atoms with Crippen LogP contribution in [0.2, 0.25) is 0 Å². The summed E-state index contributed by atoms with van der Waals surface area (Å²) in [6.45, 7) is 2.00. The fourth-order valence-electron chi connectivity index (χ4n) is 4.01. The van der Waals surface area contributed by atoms with Crippen LogP contribution in [0.4, 0.5) is 11.4 Å². The normalized spacial score (nSPS) is 24.1. The number of fused-ring (bicyclic) bond motifs is 1. The molecule has 6 heteroatoms. The van der Waals surface area contributed by atoms with Crippen molar-refractivity contribution < 1.29 is 14.4 Å². The summed E-state index contributed by atoms with van der Waals surface area (Å²) in [5.74, 6) is -1.10. The van der Waals surface area contributed by atoms with Crippen molar-refractivity contribution in [3.05, 3.63) is 82.6 Å². The lowest BCUT2D eigenvalue weighted by Crippen LogP contribution is -2.37. The molecule has 2 saturated heterocycles. The van der Waals surface area contributed by atoms with Crippen LogP contribution in [-0.2, 0) is 14.4 Å². The summed E-state index contributed by atoms with van der Waals surface area (Å²) in [6, 6.07) is 20.5. The van der Waals surface area contributed by atoms with Crippen LogP contribution >= 0.6 is 11.3 Å². The Morgan fingerprint density at radius 2 is 1.64 bits per heavy atom. The van der Waals surface area contributed by atoms with Crippen molar-refractivity contribution in [1.82, 2.24) is 0 Å². The number of hydrogen-bond acceptors (Lipinski definition) is 5. The molecule has 3 heterocycles. The van der Waals surface area contributed by atoms with Crippen molar-refractivity contribution in [2.24, 2.45) is 5.92 Å². The zero-order valence-corrected chi connectivity index (χ0v) is 16.0. The van der Waals surface area contributed by atoms with Gasteiger partial charge in [0.1, 0.15) is 12.0 Å². The molecule has 2 aromatic carbocycles. The third kappa shape index (κ3) is 2.49. The van der Waals surface area contributed by atoms with Crippen LogP contribution in [-0.4, -0.2) is 17.9 Å². The fourth-order valence-corrected chi connectivity index (χ4v) is 4.87. The largest absolute Gasteiger partial charge is 0.273 e. The van der Waals surface area contributed by atoms with E-state index >= 15 is 0 Å². The third-order valence-corrected chi connectivity index (χ3v) is 6.26. The van der Waals surface area contributed by atoms with Gasteiger partial charge in [-0.3, -0.25) is 14.4 Å². The van der Waals surface area contributed by atoms with E-state index in [0.717, 1.165) is 16.1 Å². The maximum atomic E-state index is 13.4. The first kappa shape index (κ1) is 17.2. The third-order valence-electron chi connectivity index (χ3n) is 5.32. The molecule has 1 aromatic heterocycles. The molecule has 0 N–H and O–H groups in total. The molecular formula is C22H18N2O3S. The molecule has 5 nitrogen and oxygen atoms in total. The Kier molecular flexibility index (Phi) is 4.03. The topological polar surface area (TPSA) is 49.9 Å². The molecule has 2 aliphatic heterocycles. The number of rotatable bonds is 3. The van der Waals surface area contributed by atoms with Crippen molar-refractivity contribution in [2.75, 3.05) is 9.96 Å². The summed E-state index contributed by atoms with van der Waals surface area (Å²) in [7, 11) is 0. The van der Waals surface area contributed by atoms with Crippen LogP contribution in [0.1, 0.15) is 16.5 Å².